The van der Waals surface area contributed by atoms with Gasteiger partial charge in [-0.3, -0.25) is 14.4 Å². The van der Waals surface area contributed by atoms with Gasteiger partial charge < -0.3 is 14.9 Å². The van der Waals surface area contributed by atoms with Crippen LogP contribution in [0.1, 0.15) is 54.8 Å². The molecule has 0 saturated carbocycles. The molecule has 0 aliphatic heterocycles. The van der Waals surface area contributed by atoms with E-state index in [0.29, 0.717) is 24.2 Å². The maximum Gasteiger partial charge on any atom is 0.305 e. The van der Waals surface area contributed by atoms with Crippen molar-refractivity contribution in [3.8, 4) is 0 Å². The summed E-state index contributed by atoms with van der Waals surface area (Å²) in [5.41, 5.74) is 0.988. The number of hydrogen-bond acceptors (Lipinski definition) is 3. The predicted molar refractivity (Wildman–Crippen MR) is 92.1 cm³/mol. The average molecular weight is 334 g/mol. The van der Waals surface area contributed by atoms with Gasteiger partial charge in [-0.05, 0) is 52.0 Å². The minimum atomic E-state index is -0.936. The number of carboxylic acids is 1. The molecule has 6 heteroatoms. The lowest BCUT2D eigenvalue weighted by Crippen LogP contribution is -2.38. The number of carbonyl (C=O) groups is 3. The summed E-state index contributed by atoms with van der Waals surface area (Å²) in [6.45, 7) is 8.95. The summed E-state index contributed by atoms with van der Waals surface area (Å²) in [7, 11) is 0. The zero-order valence-corrected chi connectivity index (χ0v) is 14.8. The van der Waals surface area contributed by atoms with Crippen molar-refractivity contribution in [3.63, 3.8) is 0 Å². The van der Waals surface area contributed by atoms with Gasteiger partial charge in [-0.2, -0.15) is 0 Å². The van der Waals surface area contributed by atoms with Crippen LogP contribution >= 0.6 is 0 Å². The van der Waals surface area contributed by atoms with E-state index in [4.69, 9.17) is 5.11 Å². The summed E-state index contributed by atoms with van der Waals surface area (Å²) >= 11 is 0. The molecule has 0 saturated heterocycles. The Morgan fingerprint density at radius 3 is 1.79 bits per heavy atom. The third-order valence-corrected chi connectivity index (χ3v) is 3.88. The van der Waals surface area contributed by atoms with Gasteiger partial charge in [0.05, 0.1) is 6.42 Å². The monoisotopic (exact) mass is 334 g/mol. The first-order valence-electron chi connectivity index (χ1n) is 8.23. The number of amides is 2. The predicted octanol–water partition coefficient (Wildman–Crippen LogP) is 2.49. The summed E-state index contributed by atoms with van der Waals surface area (Å²) in [6, 6.07) is 6.42. The normalized spacial score (nSPS) is 10.5. The van der Waals surface area contributed by atoms with Gasteiger partial charge in [0.2, 0.25) is 0 Å². The van der Waals surface area contributed by atoms with Crippen LogP contribution < -0.4 is 0 Å². The van der Waals surface area contributed by atoms with Crippen molar-refractivity contribution < 1.29 is 19.5 Å². The van der Waals surface area contributed by atoms with Crippen molar-refractivity contribution >= 4 is 17.8 Å². The van der Waals surface area contributed by atoms with E-state index in [9.17, 15) is 14.4 Å². The molecule has 0 aromatic heterocycles. The Kier molecular flexibility index (Phi) is 7.42. The van der Waals surface area contributed by atoms with E-state index in [1.165, 1.54) is 4.90 Å². The molecular weight excluding hydrogens is 308 g/mol. The fourth-order valence-corrected chi connectivity index (χ4v) is 2.42. The molecule has 1 aromatic carbocycles. The van der Waals surface area contributed by atoms with Crippen LogP contribution in [0.2, 0.25) is 0 Å². The highest BCUT2D eigenvalue weighted by Crippen LogP contribution is 2.12. The van der Waals surface area contributed by atoms with Gasteiger partial charge >= 0.3 is 5.97 Å². The molecule has 24 heavy (non-hydrogen) atoms. The number of carbonyl (C=O) groups excluding carboxylic acids is 2. The van der Waals surface area contributed by atoms with Crippen LogP contribution in [-0.2, 0) is 4.79 Å². The van der Waals surface area contributed by atoms with Crippen molar-refractivity contribution in [2.45, 2.75) is 40.2 Å². The van der Waals surface area contributed by atoms with Crippen LogP contribution in [0.4, 0.5) is 0 Å². The van der Waals surface area contributed by atoms with Crippen molar-refractivity contribution in [2.75, 3.05) is 19.6 Å². The second kappa shape index (κ2) is 9.05. The van der Waals surface area contributed by atoms with Gasteiger partial charge in [-0.1, -0.05) is 0 Å². The van der Waals surface area contributed by atoms with Crippen LogP contribution in [0, 0.1) is 0 Å². The Morgan fingerprint density at radius 1 is 0.958 bits per heavy atom. The summed E-state index contributed by atoms with van der Waals surface area (Å²) in [4.78, 5) is 38.8. The molecule has 2 amide bonds. The molecule has 0 bridgehead atoms. The Hall–Kier alpha value is -2.37. The standard InChI is InChI=1S/C18H26N2O4/c1-5-19(6-2)17(23)14-7-9-15(10-8-14)18(24)20(13(3)4)12-11-16(21)22/h7-10,13H,5-6,11-12H2,1-4H3,(H,21,22). The molecule has 132 valence electrons. The summed E-state index contributed by atoms with van der Waals surface area (Å²) < 4.78 is 0. The zero-order valence-electron chi connectivity index (χ0n) is 14.8. The van der Waals surface area contributed by atoms with E-state index >= 15 is 0 Å². The van der Waals surface area contributed by atoms with Gasteiger partial charge in [0.15, 0.2) is 0 Å². The second-order valence-corrected chi connectivity index (χ2v) is 5.79. The van der Waals surface area contributed by atoms with Crippen molar-refractivity contribution in [2.24, 2.45) is 0 Å². The average Bonchev–Trinajstić information content (AvgIpc) is 2.55. The fourth-order valence-electron chi connectivity index (χ4n) is 2.42. The molecule has 0 radical (unpaired) electrons. The molecule has 0 atom stereocenters. The third-order valence-electron chi connectivity index (χ3n) is 3.88. The Balaban J connectivity index is 2.91. The molecule has 0 aliphatic carbocycles. The molecule has 0 spiro atoms. The topological polar surface area (TPSA) is 77.9 Å². The molecule has 0 aliphatic rings. The first kappa shape index (κ1) is 19.7. The first-order valence-corrected chi connectivity index (χ1v) is 8.23. The van der Waals surface area contributed by atoms with Crippen LogP contribution in [0.5, 0.6) is 0 Å². The largest absolute Gasteiger partial charge is 0.481 e. The van der Waals surface area contributed by atoms with Crippen LogP contribution in [0.15, 0.2) is 24.3 Å². The van der Waals surface area contributed by atoms with Crippen LogP contribution in [0.25, 0.3) is 0 Å². The lowest BCUT2D eigenvalue weighted by Gasteiger charge is -2.26. The van der Waals surface area contributed by atoms with Crippen molar-refractivity contribution in [1.82, 2.24) is 9.80 Å². The Labute approximate surface area is 143 Å². The van der Waals surface area contributed by atoms with Crippen LogP contribution in [0.3, 0.4) is 0 Å². The van der Waals surface area contributed by atoms with E-state index in [-0.39, 0.29) is 30.8 Å². The first-order chi connectivity index (χ1) is 11.3. The van der Waals surface area contributed by atoms with Crippen LogP contribution in [-0.4, -0.2) is 58.4 Å². The SMILES string of the molecule is CCN(CC)C(=O)c1ccc(C(=O)N(CCC(=O)O)C(C)C)cc1. The quantitative estimate of drug-likeness (QED) is 0.792. The van der Waals surface area contributed by atoms with E-state index < -0.39 is 5.97 Å². The lowest BCUT2D eigenvalue weighted by molar-refractivity contribution is -0.137. The maximum atomic E-state index is 12.6. The smallest absolute Gasteiger partial charge is 0.305 e. The highest BCUT2D eigenvalue weighted by atomic mass is 16.4. The molecular formula is C18H26N2O4. The molecule has 0 fully saturated rings. The minimum absolute atomic E-state index is 0.0643. The van der Waals surface area contributed by atoms with Gasteiger partial charge in [-0.25, -0.2) is 0 Å². The lowest BCUT2D eigenvalue weighted by atomic mass is 10.1. The molecule has 1 aromatic rings. The molecule has 0 heterocycles. The highest BCUT2D eigenvalue weighted by molar-refractivity contribution is 5.98. The number of hydrogen-bond donors (Lipinski definition) is 1. The number of rotatable bonds is 8. The Bertz CT molecular complexity index is 577. The van der Waals surface area contributed by atoms with Gasteiger partial charge in [0.25, 0.3) is 11.8 Å². The molecule has 0 unspecified atom stereocenters. The second-order valence-electron chi connectivity index (χ2n) is 5.79. The van der Waals surface area contributed by atoms with Crippen molar-refractivity contribution in [3.05, 3.63) is 35.4 Å². The Morgan fingerprint density at radius 2 is 1.42 bits per heavy atom. The summed E-state index contributed by atoms with van der Waals surface area (Å²) in [5.74, 6) is -1.23. The number of aliphatic carboxylic acids is 1. The maximum absolute atomic E-state index is 12.6. The van der Waals surface area contributed by atoms with E-state index in [2.05, 4.69) is 0 Å². The summed E-state index contributed by atoms with van der Waals surface area (Å²) in [5, 5.41) is 8.81. The van der Waals surface area contributed by atoms with E-state index in [0.717, 1.165) is 0 Å². The zero-order chi connectivity index (χ0) is 18.3. The van der Waals surface area contributed by atoms with E-state index in [1.54, 1.807) is 29.2 Å². The molecule has 6 nitrogen and oxygen atoms in total. The third kappa shape index (κ3) is 5.08. The van der Waals surface area contributed by atoms with Gasteiger partial charge in [0.1, 0.15) is 0 Å². The number of carboxylic acid groups (broad SMARTS) is 1. The van der Waals surface area contributed by atoms with Crippen molar-refractivity contribution in [1.29, 1.82) is 0 Å². The number of benzene rings is 1. The van der Waals surface area contributed by atoms with Gasteiger partial charge in [0, 0.05) is 36.8 Å². The highest BCUT2D eigenvalue weighted by Gasteiger charge is 2.20. The van der Waals surface area contributed by atoms with Gasteiger partial charge in [-0.15, -0.1) is 0 Å². The van der Waals surface area contributed by atoms with E-state index in [1.807, 2.05) is 27.7 Å². The molecule has 1 N–H and O–H groups in total. The number of nitrogens with zero attached hydrogens (tertiary/aromatic N) is 2. The summed E-state index contributed by atoms with van der Waals surface area (Å²) in [6.07, 6.45) is -0.0948. The fraction of sp³-hybridized carbons (Fsp3) is 0.500. The molecule has 1 rings (SSSR count). The minimum Gasteiger partial charge on any atom is -0.481 e.